The summed E-state index contributed by atoms with van der Waals surface area (Å²) in [5.74, 6) is 0. The molecule has 2 aliphatic heterocycles. The van der Waals surface area contributed by atoms with Crippen LogP contribution in [0.5, 0.6) is 0 Å². The summed E-state index contributed by atoms with van der Waals surface area (Å²) in [6.45, 7) is 5.50. The molecule has 2 saturated heterocycles. The van der Waals surface area contributed by atoms with Crippen LogP contribution in [0.25, 0.3) is 0 Å². The molecule has 1 aliphatic carbocycles. The van der Waals surface area contributed by atoms with Crippen molar-refractivity contribution in [2.24, 2.45) is 0 Å². The molecule has 0 aromatic carbocycles. The zero-order valence-corrected chi connectivity index (χ0v) is 13.8. The Morgan fingerprint density at radius 3 is 1.36 bits per heavy atom. The second-order valence-electron chi connectivity index (χ2n) is 7.40. The van der Waals surface area contributed by atoms with E-state index in [0.29, 0.717) is 13.2 Å². The maximum absolute atomic E-state index is 9.66. The molecule has 6 nitrogen and oxygen atoms in total. The minimum Gasteiger partial charge on any atom is -0.394 e. The first-order valence-electron chi connectivity index (χ1n) is 8.57. The Balaban J connectivity index is 1.64. The van der Waals surface area contributed by atoms with Gasteiger partial charge in [-0.3, -0.25) is 10.6 Å². The van der Waals surface area contributed by atoms with Crippen LogP contribution >= 0.6 is 0 Å². The van der Waals surface area contributed by atoms with Gasteiger partial charge in [0.2, 0.25) is 0 Å². The zero-order valence-electron chi connectivity index (χ0n) is 13.8. The van der Waals surface area contributed by atoms with E-state index < -0.39 is 0 Å². The molecule has 0 amide bonds. The Morgan fingerprint density at radius 2 is 1.14 bits per heavy atom. The molecule has 6 heteroatoms. The van der Waals surface area contributed by atoms with Gasteiger partial charge in [-0.05, 0) is 38.5 Å². The Labute approximate surface area is 132 Å². The summed E-state index contributed by atoms with van der Waals surface area (Å²) in [6, 6.07) is 0. The van der Waals surface area contributed by atoms with Gasteiger partial charge >= 0.3 is 0 Å². The number of hydrogen-bond donors (Lipinski definition) is 4. The van der Waals surface area contributed by atoms with Crippen molar-refractivity contribution in [3.8, 4) is 0 Å². The van der Waals surface area contributed by atoms with Crippen LogP contribution in [0.4, 0.5) is 0 Å². The van der Waals surface area contributed by atoms with E-state index in [-0.39, 0.29) is 35.7 Å². The normalized spacial score (nSPS) is 48.5. The van der Waals surface area contributed by atoms with Crippen molar-refractivity contribution >= 4 is 0 Å². The molecule has 22 heavy (non-hydrogen) atoms. The fourth-order valence-electron chi connectivity index (χ4n) is 4.03. The Hall–Kier alpha value is -0.240. The Kier molecular flexibility index (Phi) is 4.29. The highest BCUT2D eigenvalue weighted by Gasteiger charge is 2.55. The van der Waals surface area contributed by atoms with Crippen molar-refractivity contribution in [1.82, 2.24) is 10.6 Å². The maximum atomic E-state index is 9.66. The van der Waals surface area contributed by atoms with Crippen LogP contribution in [-0.4, -0.2) is 59.2 Å². The second-order valence-corrected chi connectivity index (χ2v) is 7.40. The minimum atomic E-state index is -0.328. The molecular weight excluding hydrogens is 284 g/mol. The van der Waals surface area contributed by atoms with Gasteiger partial charge in [-0.2, -0.15) is 0 Å². The van der Waals surface area contributed by atoms with Gasteiger partial charge in [-0.15, -0.1) is 0 Å². The molecule has 0 aromatic rings. The highest BCUT2D eigenvalue weighted by molar-refractivity contribution is 5.07. The Morgan fingerprint density at radius 1 is 0.773 bits per heavy atom. The zero-order chi connectivity index (χ0) is 15.9. The predicted molar refractivity (Wildman–Crippen MR) is 82.3 cm³/mol. The third-order valence-electron chi connectivity index (χ3n) is 6.06. The van der Waals surface area contributed by atoms with E-state index in [1.54, 1.807) is 0 Å². The standard InChI is InChI=1S/C16H30N2O4/c1-3-13(9-19)11-21-15(17-13)5-7-16(8-6-15)18-14(4-2,10-20)12-22-16/h17-20H,3-12H2,1-2H3/t13-,14-,15?,16?/m0/s1. The minimum absolute atomic E-state index is 0.106. The lowest BCUT2D eigenvalue weighted by molar-refractivity contribution is -0.115. The molecule has 2 atom stereocenters. The molecule has 128 valence electrons. The average molecular weight is 314 g/mol. The van der Waals surface area contributed by atoms with Crippen molar-refractivity contribution in [2.75, 3.05) is 26.4 Å². The number of aliphatic hydroxyl groups is 2. The molecule has 3 aliphatic rings. The number of aliphatic hydroxyl groups excluding tert-OH is 2. The van der Waals surface area contributed by atoms with Crippen molar-refractivity contribution in [3.63, 3.8) is 0 Å². The van der Waals surface area contributed by atoms with Gasteiger partial charge in [0.25, 0.3) is 0 Å². The van der Waals surface area contributed by atoms with Crippen LogP contribution < -0.4 is 10.6 Å². The topological polar surface area (TPSA) is 83.0 Å². The van der Waals surface area contributed by atoms with Gasteiger partial charge < -0.3 is 19.7 Å². The average Bonchev–Trinajstić information content (AvgIpc) is 3.12. The fourth-order valence-corrected chi connectivity index (χ4v) is 4.03. The van der Waals surface area contributed by atoms with Crippen LogP contribution in [0.15, 0.2) is 0 Å². The summed E-state index contributed by atoms with van der Waals surface area (Å²) in [5, 5.41) is 26.5. The Bertz CT molecular complexity index is 361. The summed E-state index contributed by atoms with van der Waals surface area (Å²) in [4.78, 5) is 0. The molecule has 4 N–H and O–H groups in total. The first-order chi connectivity index (χ1) is 10.5. The van der Waals surface area contributed by atoms with Gasteiger partial charge in [-0.25, -0.2) is 0 Å². The smallest absolute Gasteiger partial charge is 0.120 e. The van der Waals surface area contributed by atoms with Gasteiger partial charge in [0.15, 0.2) is 0 Å². The summed E-state index contributed by atoms with van der Waals surface area (Å²) in [5.41, 5.74) is -1.25. The summed E-state index contributed by atoms with van der Waals surface area (Å²) >= 11 is 0. The molecule has 2 spiro atoms. The van der Waals surface area contributed by atoms with Crippen LogP contribution in [0.1, 0.15) is 52.4 Å². The summed E-state index contributed by atoms with van der Waals surface area (Å²) < 4.78 is 12.2. The van der Waals surface area contributed by atoms with E-state index in [2.05, 4.69) is 24.5 Å². The lowest BCUT2D eigenvalue weighted by Gasteiger charge is -2.43. The van der Waals surface area contributed by atoms with Crippen molar-refractivity contribution in [1.29, 1.82) is 0 Å². The molecule has 0 radical (unpaired) electrons. The number of nitrogens with one attached hydrogen (secondary N) is 2. The van der Waals surface area contributed by atoms with E-state index >= 15 is 0 Å². The monoisotopic (exact) mass is 314 g/mol. The summed E-state index contributed by atoms with van der Waals surface area (Å²) in [6.07, 6.45) is 5.13. The highest BCUT2D eigenvalue weighted by Crippen LogP contribution is 2.44. The molecular formula is C16H30N2O4. The van der Waals surface area contributed by atoms with Crippen molar-refractivity contribution in [3.05, 3.63) is 0 Å². The third-order valence-corrected chi connectivity index (χ3v) is 6.06. The van der Waals surface area contributed by atoms with Gasteiger partial charge in [0.05, 0.1) is 37.5 Å². The van der Waals surface area contributed by atoms with Crippen LogP contribution in [0, 0.1) is 0 Å². The lowest BCUT2D eigenvalue weighted by atomic mass is 9.83. The molecule has 0 bridgehead atoms. The molecule has 2 heterocycles. The molecule has 1 saturated carbocycles. The first-order valence-corrected chi connectivity index (χ1v) is 8.57. The highest BCUT2D eigenvalue weighted by atomic mass is 16.5. The van der Waals surface area contributed by atoms with Gasteiger partial charge in [0.1, 0.15) is 11.4 Å². The van der Waals surface area contributed by atoms with Crippen LogP contribution in [0.2, 0.25) is 0 Å². The van der Waals surface area contributed by atoms with E-state index in [9.17, 15) is 10.2 Å². The SMILES string of the molecule is CC[C@]1(CO)COC2(CCC3(CC2)N[C@@](CC)(CO)CO3)N1. The maximum Gasteiger partial charge on any atom is 0.120 e. The molecule has 0 aromatic heterocycles. The summed E-state index contributed by atoms with van der Waals surface area (Å²) in [7, 11) is 0. The first kappa shape index (κ1) is 16.6. The van der Waals surface area contributed by atoms with E-state index in [4.69, 9.17) is 9.47 Å². The molecule has 3 fully saturated rings. The van der Waals surface area contributed by atoms with Crippen molar-refractivity contribution < 1.29 is 19.7 Å². The van der Waals surface area contributed by atoms with E-state index in [1.807, 2.05) is 0 Å². The van der Waals surface area contributed by atoms with Crippen molar-refractivity contribution in [2.45, 2.75) is 74.9 Å². The van der Waals surface area contributed by atoms with Gasteiger partial charge in [-0.1, -0.05) is 13.8 Å². The number of ether oxygens (including phenoxy) is 2. The van der Waals surface area contributed by atoms with E-state index in [0.717, 1.165) is 38.5 Å². The molecule has 0 unspecified atom stereocenters. The lowest BCUT2D eigenvalue weighted by Crippen LogP contribution is -2.60. The second kappa shape index (κ2) is 5.69. The molecule has 3 rings (SSSR count). The number of rotatable bonds is 4. The third kappa shape index (κ3) is 2.60. The largest absolute Gasteiger partial charge is 0.394 e. The van der Waals surface area contributed by atoms with Crippen LogP contribution in [-0.2, 0) is 9.47 Å². The van der Waals surface area contributed by atoms with E-state index in [1.165, 1.54) is 0 Å². The quantitative estimate of drug-likeness (QED) is 0.604. The predicted octanol–water partition coefficient (Wildman–Crippen LogP) is 0.475. The fraction of sp³-hybridized carbons (Fsp3) is 1.00. The number of hydrogen-bond acceptors (Lipinski definition) is 6. The van der Waals surface area contributed by atoms with Gasteiger partial charge in [0, 0.05) is 0 Å². The van der Waals surface area contributed by atoms with Crippen LogP contribution in [0.3, 0.4) is 0 Å².